The van der Waals surface area contributed by atoms with Crippen LogP contribution in [0, 0.1) is 12.3 Å². The Morgan fingerprint density at radius 3 is 3.06 bits per heavy atom. The third-order valence-electron chi connectivity index (χ3n) is 1.75. The fraction of sp³-hybridized carbons (Fsp3) is 0.545. The Hall–Kier alpha value is -1.06. The highest BCUT2D eigenvalue weighted by Crippen LogP contribution is 2.35. The van der Waals surface area contributed by atoms with Crippen molar-refractivity contribution < 1.29 is 4.74 Å². The molecule has 0 spiro atoms. The molecule has 0 unspecified atom stereocenters. The fourth-order valence-corrected chi connectivity index (χ4v) is 2.31. The molecule has 1 heterocycles. The second-order valence-corrected chi connectivity index (χ2v) is 5.45. The summed E-state index contributed by atoms with van der Waals surface area (Å²) in [4.78, 5) is 0. The number of nitrogens with two attached hydrogens (primary N) is 1. The van der Waals surface area contributed by atoms with E-state index in [9.17, 15) is 0 Å². The standard InChI is InChI=1S/C11H17N3OS2/c1-4-6-16-7-5-13-11-9(15-8(2)3)10(12)14-17-11/h1,8,13H,5-7H2,2-3H3,(H2,12,14). The van der Waals surface area contributed by atoms with Crippen LogP contribution in [0.5, 0.6) is 5.75 Å². The van der Waals surface area contributed by atoms with Crippen molar-refractivity contribution in [2.45, 2.75) is 20.0 Å². The Balaban J connectivity index is 2.45. The van der Waals surface area contributed by atoms with Crippen LogP contribution < -0.4 is 15.8 Å². The Labute approximate surface area is 110 Å². The largest absolute Gasteiger partial charge is 0.484 e. The molecule has 0 aliphatic rings. The maximum absolute atomic E-state index is 5.74. The first-order valence-electron chi connectivity index (χ1n) is 5.32. The van der Waals surface area contributed by atoms with Gasteiger partial charge in [-0.25, -0.2) is 0 Å². The van der Waals surface area contributed by atoms with Crippen molar-refractivity contribution in [1.82, 2.24) is 4.37 Å². The molecule has 0 aliphatic carbocycles. The molecule has 0 radical (unpaired) electrons. The van der Waals surface area contributed by atoms with Crippen LogP contribution in [-0.2, 0) is 0 Å². The van der Waals surface area contributed by atoms with Gasteiger partial charge in [0.1, 0.15) is 0 Å². The summed E-state index contributed by atoms with van der Waals surface area (Å²) in [6.45, 7) is 4.75. The molecule has 4 nitrogen and oxygen atoms in total. The fourth-order valence-electron chi connectivity index (χ4n) is 1.12. The summed E-state index contributed by atoms with van der Waals surface area (Å²) < 4.78 is 9.69. The zero-order valence-corrected chi connectivity index (χ0v) is 11.7. The van der Waals surface area contributed by atoms with Gasteiger partial charge in [0, 0.05) is 12.3 Å². The van der Waals surface area contributed by atoms with E-state index in [0.29, 0.717) is 11.6 Å². The van der Waals surface area contributed by atoms with Crippen LogP contribution in [0.1, 0.15) is 13.8 Å². The molecule has 0 fully saturated rings. The van der Waals surface area contributed by atoms with E-state index in [2.05, 4.69) is 15.6 Å². The number of rotatable bonds is 7. The van der Waals surface area contributed by atoms with E-state index in [1.165, 1.54) is 11.5 Å². The second-order valence-electron chi connectivity index (χ2n) is 3.58. The molecule has 17 heavy (non-hydrogen) atoms. The summed E-state index contributed by atoms with van der Waals surface area (Å²) in [6.07, 6.45) is 5.26. The first-order valence-corrected chi connectivity index (χ1v) is 7.24. The zero-order chi connectivity index (χ0) is 12.7. The van der Waals surface area contributed by atoms with E-state index in [0.717, 1.165) is 23.1 Å². The van der Waals surface area contributed by atoms with Gasteiger partial charge in [0.25, 0.3) is 0 Å². The molecule has 1 rings (SSSR count). The lowest BCUT2D eigenvalue weighted by Crippen LogP contribution is -2.10. The van der Waals surface area contributed by atoms with Crippen molar-refractivity contribution >= 4 is 34.1 Å². The van der Waals surface area contributed by atoms with Crippen LogP contribution in [0.2, 0.25) is 0 Å². The highest BCUT2D eigenvalue weighted by Gasteiger charge is 2.13. The SMILES string of the molecule is C#CCSCCNc1snc(N)c1OC(C)C. The van der Waals surface area contributed by atoms with E-state index in [1.54, 1.807) is 11.8 Å². The Kier molecular flexibility index (Phi) is 6.01. The third kappa shape index (κ3) is 4.75. The molecule has 0 bridgehead atoms. The van der Waals surface area contributed by atoms with Gasteiger partial charge in [-0.2, -0.15) is 4.37 Å². The van der Waals surface area contributed by atoms with Crippen LogP contribution >= 0.6 is 23.3 Å². The average molecular weight is 271 g/mol. The van der Waals surface area contributed by atoms with Crippen LogP contribution in [0.4, 0.5) is 10.8 Å². The zero-order valence-electron chi connectivity index (χ0n) is 10.0. The predicted octanol–water partition coefficient (Wildman–Crippen LogP) is 2.29. The second kappa shape index (κ2) is 7.30. The molecular formula is C11H17N3OS2. The lowest BCUT2D eigenvalue weighted by atomic mass is 10.4. The summed E-state index contributed by atoms with van der Waals surface area (Å²) >= 11 is 3.03. The predicted molar refractivity (Wildman–Crippen MR) is 76.9 cm³/mol. The van der Waals surface area contributed by atoms with Gasteiger partial charge in [0.15, 0.2) is 16.6 Å². The van der Waals surface area contributed by atoms with E-state index in [4.69, 9.17) is 16.9 Å². The van der Waals surface area contributed by atoms with Crippen molar-refractivity contribution in [3.8, 4) is 18.1 Å². The number of anilines is 2. The van der Waals surface area contributed by atoms with Gasteiger partial charge in [-0.1, -0.05) is 5.92 Å². The first-order chi connectivity index (χ1) is 8.15. The summed E-state index contributed by atoms with van der Waals surface area (Å²) in [7, 11) is 0. The number of nitrogens with zero attached hydrogens (tertiary/aromatic N) is 1. The number of nitrogens with one attached hydrogen (secondary N) is 1. The number of ether oxygens (including phenoxy) is 1. The van der Waals surface area contributed by atoms with Crippen LogP contribution in [0.15, 0.2) is 0 Å². The molecule has 94 valence electrons. The van der Waals surface area contributed by atoms with Gasteiger partial charge < -0.3 is 15.8 Å². The lowest BCUT2D eigenvalue weighted by molar-refractivity contribution is 0.245. The number of thioether (sulfide) groups is 1. The lowest BCUT2D eigenvalue weighted by Gasteiger charge is -2.11. The van der Waals surface area contributed by atoms with Crippen molar-refractivity contribution in [2.24, 2.45) is 0 Å². The molecule has 0 atom stereocenters. The monoisotopic (exact) mass is 271 g/mol. The van der Waals surface area contributed by atoms with E-state index >= 15 is 0 Å². The molecule has 0 saturated heterocycles. The van der Waals surface area contributed by atoms with E-state index < -0.39 is 0 Å². The van der Waals surface area contributed by atoms with Gasteiger partial charge in [0.2, 0.25) is 0 Å². The maximum atomic E-state index is 5.74. The van der Waals surface area contributed by atoms with Gasteiger partial charge in [-0.15, -0.1) is 18.2 Å². The first kappa shape index (κ1) is 14.0. The summed E-state index contributed by atoms with van der Waals surface area (Å²) in [6, 6.07) is 0. The van der Waals surface area contributed by atoms with Gasteiger partial charge in [0.05, 0.1) is 11.9 Å². The molecular weight excluding hydrogens is 254 g/mol. The van der Waals surface area contributed by atoms with Gasteiger partial charge in [-0.05, 0) is 25.4 Å². The summed E-state index contributed by atoms with van der Waals surface area (Å²) in [5, 5.41) is 4.15. The number of nitrogen functional groups attached to an aromatic ring is 1. The normalized spacial score (nSPS) is 10.2. The number of aromatic nitrogens is 1. The van der Waals surface area contributed by atoms with Crippen LogP contribution in [0.25, 0.3) is 0 Å². The van der Waals surface area contributed by atoms with Crippen LogP contribution in [0.3, 0.4) is 0 Å². The van der Waals surface area contributed by atoms with E-state index in [1.807, 2.05) is 13.8 Å². The minimum atomic E-state index is 0.0880. The summed E-state index contributed by atoms with van der Waals surface area (Å²) in [5.74, 6) is 5.38. The average Bonchev–Trinajstić information content (AvgIpc) is 2.60. The Morgan fingerprint density at radius 2 is 2.41 bits per heavy atom. The minimum absolute atomic E-state index is 0.0880. The Bertz CT molecular complexity index is 385. The molecule has 1 aromatic rings. The number of hydrogen-bond donors (Lipinski definition) is 2. The quantitative estimate of drug-likeness (QED) is 0.588. The van der Waals surface area contributed by atoms with Crippen molar-refractivity contribution in [2.75, 3.05) is 29.1 Å². The highest BCUT2D eigenvalue weighted by molar-refractivity contribution is 7.99. The van der Waals surface area contributed by atoms with Crippen LogP contribution in [-0.4, -0.2) is 28.5 Å². The van der Waals surface area contributed by atoms with Crippen molar-refractivity contribution in [3.05, 3.63) is 0 Å². The van der Waals surface area contributed by atoms with E-state index in [-0.39, 0.29) is 6.10 Å². The molecule has 0 aromatic carbocycles. The molecule has 0 saturated carbocycles. The van der Waals surface area contributed by atoms with Crippen molar-refractivity contribution in [3.63, 3.8) is 0 Å². The highest BCUT2D eigenvalue weighted by atomic mass is 32.2. The Morgan fingerprint density at radius 1 is 1.65 bits per heavy atom. The number of hydrogen-bond acceptors (Lipinski definition) is 6. The van der Waals surface area contributed by atoms with Gasteiger partial charge in [-0.3, -0.25) is 0 Å². The molecule has 3 N–H and O–H groups in total. The third-order valence-corrected chi connectivity index (χ3v) is 3.41. The number of terminal acetylenes is 1. The molecule has 6 heteroatoms. The van der Waals surface area contributed by atoms with Gasteiger partial charge >= 0.3 is 0 Å². The molecule has 0 amide bonds. The smallest absolute Gasteiger partial charge is 0.197 e. The minimum Gasteiger partial charge on any atom is -0.484 e. The molecule has 1 aromatic heterocycles. The van der Waals surface area contributed by atoms with Crippen molar-refractivity contribution in [1.29, 1.82) is 0 Å². The summed E-state index contributed by atoms with van der Waals surface area (Å²) in [5.41, 5.74) is 5.74. The maximum Gasteiger partial charge on any atom is 0.197 e. The molecule has 0 aliphatic heterocycles. The topological polar surface area (TPSA) is 60.2 Å².